The molecular formula is C22H21F2N3O4. The second-order valence-electron chi connectivity index (χ2n) is 7.59. The van der Waals surface area contributed by atoms with Crippen LogP contribution in [0.25, 0.3) is 0 Å². The number of benzene rings is 2. The van der Waals surface area contributed by atoms with E-state index in [0.29, 0.717) is 24.1 Å². The van der Waals surface area contributed by atoms with Crippen molar-refractivity contribution in [2.24, 2.45) is 0 Å². The molecule has 2 aromatic carbocycles. The summed E-state index contributed by atoms with van der Waals surface area (Å²) in [5, 5.41) is 2.55. The van der Waals surface area contributed by atoms with Crippen LogP contribution in [0.3, 0.4) is 0 Å². The van der Waals surface area contributed by atoms with Gasteiger partial charge in [0.2, 0.25) is 11.8 Å². The van der Waals surface area contributed by atoms with Crippen molar-refractivity contribution in [3.05, 3.63) is 54.1 Å². The van der Waals surface area contributed by atoms with Gasteiger partial charge in [0, 0.05) is 19.4 Å². The van der Waals surface area contributed by atoms with Crippen molar-refractivity contribution in [1.82, 2.24) is 4.90 Å². The van der Waals surface area contributed by atoms with E-state index in [2.05, 4.69) is 10.1 Å². The molecule has 0 spiro atoms. The Morgan fingerprint density at radius 2 is 1.87 bits per heavy atom. The van der Waals surface area contributed by atoms with E-state index in [4.69, 9.17) is 0 Å². The van der Waals surface area contributed by atoms with Crippen LogP contribution in [0.1, 0.15) is 36.5 Å². The third-order valence-corrected chi connectivity index (χ3v) is 5.69. The Balaban J connectivity index is 1.52. The summed E-state index contributed by atoms with van der Waals surface area (Å²) in [6.07, 6.45) is 0.687. The van der Waals surface area contributed by atoms with Crippen molar-refractivity contribution >= 4 is 29.1 Å². The van der Waals surface area contributed by atoms with Gasteiger partial charge in [-0.3, -0.25) is 19.3 Å². The van der Waals surface area contributed by atoms with E-state index in [0.717, 1.165) is 0 Å². The quantitative estimate of drug-likeness (QED) is 0.761. The fraction of sp³-hybridized carbons (Fsp3) is 0.318. The summed E-state index contributed by atoms with van der Waals surface area (Å²) in [5.74, 6) is -0.932. The summed E-state index contributed by atoms with van der Waals surface area (Å²) in [5.41, 5.74) is 0.244. The maximum absolute atomic E-state index is 13.2. The van der Waals surface area contributed by atoms with Crippen molar-refractivity contribution in [3.8, 4) is 5.75 Å². The number of nitrogens with zero attached hydrogens (tertiary/aromatic N) is 2. The SMILES string of the molecule is C[C@]12CCC(=O)N1c1ccccc1C(=O)N2CCC(=O)Nc1ccccc1OC(F)F. The molecule has 0 bridgehead atoms. The van der Waals surface area contributed by atoms with E-state index < -0.39 is 18.2 Å². The third kappa shape index (κ3) is 3.71. The van der Waals surface area contributed by atoms with E-state index in [1.807, 2.05) is 6.92 Å². The lowest BCUT2D eigenvalue weighted by molar-refractivity contribution is -0.117. The average molecular weight is 429 g/mol. The van der Waals surface area contributed by atoms with Gasteiger partial charge in [0.25, 0.3) is 5.91 Å². The molecule has 1 fully saturated rings. The number of rotatable bonds is 6. The zero-order valence-electron chi connectivity index (χ0n) is 16.8. The lowest BCUT2D eigenvalue weighted by atomic mass is 9.98. The van der Waals surface area contributed by atoms with Crippen LogP contribution in [0.15, 0.2) is 48.5 Å². The molecule has 0 unspecified atom stereocenters. The van der Waals surface area contributed by atoms with Gasteiger partial charge < -0.3 is 15.0 Å². The first kappa shape index (κ1) is 20.8. The number of nitrogens with one attached hydrogen (secondary N) is 1. The number of ether oxygens (including phenoxy) is 1. The van der Waals surface area contributed by atoms with Crippen LogP contribution >= 0.6 is 0 Å². The normalized spacial score (nSPS) is 20.0. The van der Waals surface area contributed by atoms with Crippen LogP contribution in [-0.4, -0.2) is 41.4 Å². The highest BCUT2D eigenvalue weighted by molar-refractivity contribution is 6.10. The molecule has 9 heteroatoms. The molecule has 4 rings (SSSR count). The molecule has 2 aliphatic rings. The summed E-state index contributed by atoms with van der Waals surface area (Å²) < 4.78 is 29.6. The highest BCUT2D eigenvalue weighted by Crippen LogP contribution is 2.44. The van der Waals surface area contributed by atoms with Crippen molar-refractivity contribution < 1.29 is 27.9 Å². The van der Waals surface area contributed by atoms with Crippen LogP contribution in [-0.2, 0) is 9.59 Å². The van der Waals surface area contributed by atoms with Crippen LogP contribution in [0.4, 0.5) is 20.2 Å². The number of hydrogen-bond acceptors (Lipinski definition) is 4. The number of halogens is 2. The van der Waals surface area contributed by atoms with Gasteiger partial charge in [0.1, 0.15) is 11.4 Å². The van der Waals surface area contributed by atoms with Crippen molar-refractivity contribution in [2.75, 3.05) is 16.8 Å². The Labute approximate surface area is 177 Å². The zero-order valence-corrected chi connectivity index (χ0v) is 16.8. The van der Waals surface area contributed by atoms with E-state index in [-0.39, 0.29) is 36.2 Å². The van der Waals surface area contributed by atoms with E-state index in [1.54, 1.807) is 40.1 Å². The average Bonchev–Trinajstić information content (AvgIpc) is 3.04. The number of alkyl halides is 2. The first-order valence-corrected chi connectivity index (χ1v) is 9.89. The van der Waals surface area contributed by atoms with Crippen LogP contribution in [0.5, 0.6) is 5.75 Å². The minimum absolute atomic E-state index is 0.0666. The first-order chi connectivity index (χ1) is 14.8. The highest BCUT2D eigenvalue weighted by atomic mass is 19.3. The minimum Gasteiger partial charge on any atom is -0.433 e. The molecular weight excluding hydrogens is 408 g/mol. The Bertz CT molecular complexity index is 1040. The molecule has 0 saturated carbocycles. The molecule has 0 radical (unpaired) electrons. The molecule has 2 heterocycles. The number of hydrogen-bond donors (Lipinski definition) is 1. The van der Waals surface area contributed by atoms with Gasteiger partial charge in [-0.25, -0.2) is 0 Å². The maximum atomic E-state index is 13.2. The van der Waals surface area contributed by atoms with Gasteiger partial charge in [-0.15, -0.1) is 0 Å². The lowest BCUT2D eigenvalue weighted by Gasteiger charge is -2.48. The summed E-state index contributed by atoms with van der Waals surface area (Å²) >= 11 is 0. The van der Waals surface area contributed by atoms with Crippen LogP contribution in [0, 0.1) is 0 Å². The number of para-hydroxylation sites is 3. The predicted octanol–water partition coefficient (Wildman–Crippen LogP) is 3.62. The second kappa shape index (κ2) is 7.98. The summed E-state index contributed by atoms with van der Waals surface area (Å²) in [4.78, 5) is 41.4. The van der Waals surface area contributed by atoms with Crippen molar-refractivity contribution in [3.63, 3.8) is 0 Å². The molecule has 0 aliphatic carbocycles. The van der Waals surface area contributed by atoms with E-state index in [1.165, 1.54) is 18.2 Å². The topological polar surface area (TPSA) is 79.0 Å². The van der Waals surface area contributed by atoms with Crippen LogP contribution < -0.4 is 15.0 Å². The fourth-order valence-electron chi connectivity index (χ4n) is 4.24. The van der Waals surface area contributed by atoms with Gasteiger partial charge in [0.15, 0.2) is 0 Å². The van der Waals surface area contributed by atoms with Crippen molar-refractivity contribution in [2.45, 2.75) is 38.5 Å². The lowest BCUT2D eigenvalue weighted by Crippen LogP contribution is -2.62. The Morgan fingerprint density at radius 3 is 2.65 bits per heavy atom. The Hall–Kier alpha value is -3.49. The molecule has 31 heavy (non-hydrogen) atoms. The molecule has 0 aromatic heterocycles. The first-order valence-electron chi connectivity index (χ1n) is 9.89. The summed E-state index contributed by atoms with van der Waals surface area (Å²) in [6.45, 7) is -1.14. The number of amides is 3. The van der Waals surface area contributed by atoms with Crippen molar-refractivity contribution in [1.29, 1.82) is 0 Å². The van der Waals surface area contributed by atoms with Gasteiger partial charge in [-0.2, -0.15) is 8.78 Å². The number of carbonyl (C=O) groups excluding carboxylic acids is 3. The monoisotopic (exact) mass is 429 g/mol. The number of fused-ring (bicyclic) bond motifs is 3. The highest BCUT2D eigenvalue weighted by Gasteiger charge is 2.52. The van der Waals surface area contributed by atoms with Gasteiger partial charge in [-0.1, -0.05) is 24.3 Å². The summed E-state index contributed by atoms with van der Waals surface area (Å²) in [7, 11) is 0. The number of anilines is 2. The third-order valence-electron chi connectivity index (χ3n) is 5.69. The number of carbonyl (C=O) groups is 3. The second-order valence-corrected chi connectivity index (χ2v) is 7.59. The van der Waals surface area contributed by atoms with Gasteiger partial charge >= 0.3 is 6.61 Å². The van der Waals surface area contributed by atoms with Gasteiger partial charge in [-0.05, 0) is 37.6 Å². The minimum atomic E-state index is -3.02. The largest absolute Gasteiger partial charge is 0.433 e. The molecule has 162 valence electrons. The molecule has 3 amide bonds. The maximum Gasteiger partial charge on any atom is 0.387 e. The zero-order chi connectivity index (χ0) is 22.2. The molecule has 7 nitrogen and oxygen atoms in total. The summed E-state index contributed by atoms with van der Waals surface area (Å²) in [6, 6.07) is 12.8. The fourth-order valence-corrected chi connectivity index (χ4v) is 4.24. The van der Waals surface area contributed by atoms with Gasteiger partial charge in [0.05, 0.1) is 16.9 Å². The van der Waals surface area contributed by atoms with E-state index >= 15 is 0 Å². The molecule has 1 atom stereocenters. The molecule has 1 N–H and O–H groups in total. The standard InChI is InChI=1S/C22H21F2N3O4/c1-22-12-10-19(29)27(22)16-8-4-2-6-14(16)20(30)26(22)13-11-18(28)25-15-7-3-5-9-17(15)31-21(23)24/h2-9,21H,10-13H2,1H3,(H,25,28)/t22-/m1/s1. The predicted molar refractivity (Wildman–Crippen MR) is 109 cm³/mol. The Morgan fingerprint density at radius 1 is 1.16 bits per heavy atom. The smallest absolute Gasteiger partial charge is 0.387 e. The van der Waals surface area contributed by atoms with E-state index in [9.17, 15) is 23.2 Å². The molecule has 2 aliphatic heterocycles. The van der Waals surface area contributed by atoms with Crippen LogP contribution in [0.2, 0.25) is 0 Å². The molecule has 1 saturated heterocycles. The molecule has 2 aromatic rings. The Kier molecular flexibility index (Phi) is 5.34.